The molecule has 0 atom stereocenters. The molecule has 0 aromatic heterocycles. The topological polar surface area (TPSA) is 151 Å². The average Bonchev–Trinajstić information content (AvgIpc) is 3.09. The van der Waals surface area contributed by atoms with Crippen LogP contribution in [0.1, 0.15) is 38.2 Å². The lowest BCUT2D eigenvalue weighted by Gasteiger charge is -2.38. The van der Waals surface area contributed by atoms with Gasteiger partial charge in [-0.1, -0.05) is 18.2 Å². The van der Waals surface area contributed by atoms with Crippen molar-refractivity contribution in [2.45, 2.75) is 18.4 Å². The summed E-state index contributed by atoms with van der Waals surface area (Å²) in [6, 6.07) is 7.46. The molecule has 5 rings (SSSR count). The highest BCUT2D eigenvalue weighted by Gasteiger charge is 2.55. The number of carboxylic acid groups (broad SMARTS) is 2. The van der Waals surface area contributed by atoms with Crippen molar-refractivity contribution in [1.82, 2.24) is 0 Å². The smallest absolute Gasteiger partial charge is 0.340 e. The maximum atomic E-state index is 14.9. The molecular formula is C24H14F2O9. The average molecular weight is 484 g/mol. The van der Waals surface area contributed by atoms with Crippen molar-refractivity contribution in [3.05, 3.63) is 81.4 Å². The van der Waals surface area contributed by atoms with Crippen LogP contribution in [0.25, 0.3) is 0 Å². The quantitative estimate of drug-likeness (QED) is 0.409. The van der Waals surface area contributed by atoms with Crippen molar-refractivity contribution in [2.24, 2.45) is 0 Å². The minimum absolute atomic E-state index is 0.0350. The van der Waals surface area contributed by atoms with Crippen LogP contribution in [0.3, 0.4) is 0 Å². The summed E-state index contributed by atoms with van der Waals surface area (Å²) in [4.78, 5) is 35.8. The number of carbonyl (C=O) groups excluding carboxylic acids is 1. The third-order valence-electron chi connectivity index (χ3n) is 5.99. The lowest BCUT2D eigenvalue weighted by atomic mass is 9.75. The van der Waals surface area contributed by atoms with Crippen molar-refractivity contribution in [2.75, 3.05) is 0 Å². The summed E-state index contributed by atoms with van der Waals surface area (Å²) < 4.78 is 41.2. The number of benzene rings is 3. The maximum Gasteiger partial charge on any atom is 0.340 e. The van der Waals surface area contributed by atoms with Crippen LogP contribution in [0.15, 0.2) is 36.4 Å². The standard InChI is InChI=1S/C24H14F2O9/c25-15-7-13-21(10(19(15)31)5-17(27)28)34-22-11(6-18(29)30)20(32)16(26)8-14(22)24(13)12-4-2-1-3-9(12)23(33)35-24/h1-4,7-8,31-32H,5-6H2,(H,27,28)(H,29,30). The summed E-state index contributed by atoms with van der Waals surface area (Å²) in [5, 5.41) is 39.3. The van der Waals surface area contributed by atoms with Gasteiger partial charge in [-0.25, -0.2) is 13.6 Å². The fourth-order valence-electron chi connectivity index (χ4n) is 4.60. The molecule has 0 bridgehead atoms. The third kappa shape index (κ3) is 3.01. The van der Waals surface area contributed by atoms with Crippen LogP contribution in [-0.4, -0.2) is 38.3 Å². The van der Waals surface area contributed by atoms with Gasteiger partial charge in [0.15, 0.2) is 28.7 Å². The first-order valence-corrected chi connectivity index (χ1v) is 10.1. The normalized spacial score (nSPS) is 14.5. The van der Waals surface area contributed by atoms with Gasteiger partial charge in [-0.15, -0.1) is 0 Å². The molecule has 0 fully saturated rings. The molecule has 11 heteroatoms. The summed E-state index contributed by atoms with van der Waals surface area (Å²) >= 11 is 0. The van der Waals surface area contributed by atoms with Gasteiger partial charge in [0.25, 0.3) is 0 Å². The van der Waals surface area contributed by atoms with Gasteiger partial charge in [0, 0.05) is 5.56 Å². The van der Waals surface area contributed by atoms with Gasteiger partial charge in [-0.3, -0.25) is 9.59 Å². The predicted octanol–water partition coefficient (Wildman–Crippen LogP) is 3.20. The number of aliphatic carboxylic acids is 2. The Balaban J connectivity index is 1.96. The number of aromatic hydroxyl groups is 2. The van der Waals surface area contributed by atoms with Crippen molar-refractivity contribution >= 4 is 17.9 Å². The van der Waals surface area contributed by atoms with Gasteiger partial charge in [0.1, 0.15) is 11.5 Å². The van der Waals surface area contributed by atoms with Crippen LogP contribution in [0, 0.1) is 11.6 Å². The van der Waals surface area contributed by atoms with E-state index in [0.29, 0.717) is 0 Å². The third-order valence-corrected chi connectivity index (χ3v) is 5.99. The van der Waals surface area contributed by atoms with Crippen molar-refractivity contribution in [3.63, 3.8) is 0 Å². The number of hydrogen-bond acceptors (Lipinski definition) is 7. The summed E-state index contributed by atoms with van der Waals surface area (Å²) in [6.45, 7) is 0. The highest BCUT2D eigenvalue weighted by atomic mass is 19.1. The van der Waals surface area contributed by atoms with E-state index < -0.39 is 82.1 Å². The van der Waals surface area contributed by atoms with Gasteiger partial charge in [-0.05, 0) is 18.2 Å². The van der Waals surface area contributed by atoms with E-state index in [-0.39, 0.29) is 22.3 Å². The maximum absolute atomic E-state index is 14.9. The lowest BCUT2D eigenvalue weighted by Crippen LogP contribution is -2.34. The molecule has 9 nitrogen and oxygen atoms in total. The first-order valence-electron chi connectivity index (χ1n) is 10.1. The number of phenolic OH excluding ortho intramolecular Hbond substituents is 2. The van der Waals surface area contributed by atoms with Gasteiger partial charge in [-0.2, -0.15) is 0 Å². The summed E-state index contributed by atoms with van der Waals surface area (Å²) in [6.07, 6.45) is -1.84. The van der Waals surface area contributed by atoms with Gasteiger partial charge in [0.2, 0.25) is 0 Å². The molecule has 4 N–H and O–H groups in total. The van der Waals surface area contributed by atoms with E-state index in [1.165, 1.54) is 24.3 Å². The molecule has 178 valence electrons. The Morgan fingerprint density at radius 1 is 0.829 bits per heavy atom. The molecule has 0 saturated heterocycles. The predicted molar refractivity (Wildman–Crippen MR) is 111 cm³/mol. The molecule has 0 saturated carbocycles. The van der Waals surface area contributed by atoms with E-state index >= 15 is 0 Å². The lowest BCUT2D eigenvalue weighted by molar-refractivity contribution is -0.137. The van der Waals surface area contributed by atoms with E-state index in [1.54, 1.807) is 0 Å². The second-order valence-electron chi connectivity index (χ2n) is 7.98. The zero-order valence-electron chi connectivity index (χ0n) is 17.5. The molecule has 0 unspecified atom stereocenters. The fourth-order valence-corrected chi connectivity index (χ4v) is 4.60. The number of ether oxygens (including phenoxy) is 2. The second-order valence-corrected chi connectivity index (χ2v) is 7.98. The van der Waals surface area contributed by atoms with Crippen LogP contribution >= 0.6 is 0 Å². The summed E-state index contributed by atoms with van der Waals surface area (Å²) in [5.41, 5.74) is -3.49. The van der Waals surface area contributed by atoms with Crippen LogP contribution in [0.4, 0.5) is 8.78 Å². The first kappa shape index (κ1) is 22.1. The Kier molecular flexibility index (Phi) is 4.69. The van der Waals surface area contributed by atoms with E-state index in [4.69, 9.17) is 9.47 Å². The minimum Gasteiger partial charge on any atom is -0.505 e. The Labute approximate surface area is 194 Å². The number of esters is 1. The Morgan fingerprint density at radius 3 is 1.80 bits per heavy atom. The van der Waals surface area contributed by atoms with Crippen LogP contribution in [0.2, 0.25) is 0 Å². The molecular weight excluding hydrogens is 470 g/mol. The van der Waals surface area contributed by atoms with Gasteiger partial charge in [0.05, 0.1) is 40.7 Å². The Morgan fingerprint density at radius 2 is 1.31 bits per heavy atom. The Bertz CT molecular complexity index is 1400. The molecule has 0 aliphatic carbocycles. The zero-order chi connectivity index (χ0) is 25.2. The molecule has 2 aliphatic heterocycles. The fraction of sp³-hybridized carbons (Fsp3) is 0.125. The van der Waals surface area contributed by atoms with Crippen molar-refractivity contribution in [1.29, 1.82) is 0 Å². The Hall–Kier alpha value is -4.67. The van der Waals surface area contributed by atoms with Crippen molar-refractivity contribution < 1.29 is 53.1 Å². The molecule has 1 spiro atoms. The minimum atomic E-state index is -2.10. The molecule has 0 radical (unpaired) electrons. The van der Waals surface area contributed by atoms with E-state index in [0.717, 1.165) is 12.1 Å². The highest BCUT2D eigenvalue weighted by molar-refractivity contribution is 5.97. The molecule has 2 heterocycles. The monoisotopic (exact) mass is 484 g/mol. The van der Waals surface area contributed by atoms with Gasteiger partial charge >= 0.3 is 17.9 Å². The highest BCUT2D eigenvalue weighted by Crippen LogP contribution is 2.60. The molecule has 2 aliphatic rings. The summed E-state index contributed by atoms with van der Waals surface area (Å²) in [5.74, 6) is -9.26. The number of rotatable bonds is 4. The summed E-state index contributed by atoms with van der Waals surface area (Å²) in [7, 11) is 0. The van der Waals surface area contributed by atoms with E-state index in [1.807, 2.05) is 0 Å². The van der Waals surface area contributed by atoms with Crippen LogP contribution in [0.5, 0.6) is 23.0 Å². The number of hydrogen-bond donors (Lipinski definition) is 4. The molecule has 3 aromatic carbocycles. The number of phenols is 2. The van der Waals surface area contributed by atoms with Crippen LogP contribution < -0.4 is 4.74 Å². The number of carbonyl (C=O) groups is 3. The SMILES string of the molecule is O=C(O)Cc1c(O)c(F)cc2c1Oc1c(cc(F)c(O)c1CC(=O)O)C21OC(=O)c2ccccc21. The second kappa shape index (κ2) is 7.42. The molecule has 3 aromatic rings. The number of carboxylic acids is 2. The van der Waals surface area contributed by atoms with E-state index in [9.17, 15) is 43.6 Å². The van der Waals surface area contributed by atoms with Gasteiger partial charge < -0.3 is 29.9 Å². The number of fused-ring (bicyclic) bond motifs is 6. The zero-order valence-corrected chi connectivity index (χ0v) is 17.5. The number of halogens is 2. The molecule has 35 heavy (non-hydrogen) atoms. The van der Waals surface area contributed by atoms with Crippen LogP contribution in [-0.2, 0) is 32.8 Å². The largest absolute Gasteiger partial charge is 0.505 e. The molecule has 0 amide bonds. The van der Waals surface area contributed by atoms with Crippen molar-refractivity contribution in [3.8, 4) is 23.0 Å². The van der Waals surface area contributed by atoms with E-state index in [2.05, 4.69) is 0 Å². The first-order chi connectivity index (χ1) is 16.6.